The van der Waals surface area contributed by atoms with Crippen LogP contribution in [0.25, 0.3) is 5.69 Å². The molecule has 0 radical (unpaired) electrons. The van der Waals surface area contributed by atoms with Crippen LogP contribution in [0, 0.1) is 0 Å². The van der Waals surface area contributed by atoms with Crippen molar-refractivity contribution in [3.05, 3.63) is 42.5 Å². The Hall–Kier alpha value is -1.70. The van der Waals surface area contributed by atoms with Crippen LogP contribution in [0.3, 0.4) is 0 Å². The maximum absolute atomic E-state index is 13.0. The fourth-order valence-corrected chi connectivity index (χ4v) is 1.97. The first-order valence-corrected chi connectivity index (χ1v) is 7.17. The van der Waals surface area contributed by atoms with Gasteiger partial charge in [-0.2, -0.15) is 5.10 Å². The Bertz CT molecular complexity index is 607. The van der Waals surface area contributed by atoms with Gasteiger partial charge in [-0.25, -0.2) is 14.1 Å². The van der Waals surface area contributed by atoms with E-state index in [0.29, 0.717) is 5.56 Å². The molecule has 0 fully saturated rings. The van der Waals surface area contributed by atoms with Crippen molar-refractivity contribution in [1.29, 1.82) is 0 Å². The average molecular weight is 347 g/mol. The Morgan fingerprint density at radius 2 is 2.05 bits per heavy atom. The lowest BCUT2D eigenvalue weighted by Crippen LogP contribution is -2.43. The molecule has 0 saturated carbocycles. The number of nitrogens with zero attached hydrogens (tertiary/aromatic N) is 3. The number of benzene rings is 1. The number of aliphatic hydroxyl groups is 1. The number of hydrogen-bond donors (Lipinski definition) is 2. The minimum Gasteiger partial charge on any atom is -0.386 e. The number of aliphatic hydroxyl groups excluding tert-OH is 1. The van der Waals surface area contributed by atoms with Gasteiger partial charge in [-0.1, -0.05) is 35.3 Å². The Morgan fingerprint density at radius 1 is 1.36 bits per heavy atom. The summed E-state index contributed by atoms with van der Waals surface area (Å²) in [5.74, 6) is -0.760. The molecule has 1 aromatic carbocycles. The predicted molar refractivity (Wildman–Crippen MR) is 79.7 cm³/mol. The molecular weight excluding hydrogens is 334 g/mol. The maximum atomic E-state index is 13.0. The third kappa shape index (κ3) is 3.94. The van der Waals surface area contributed by atoms with Gasteiger partial charge in [0.1, 0.15) is 25.4 Å². The summed E-state index contributed by atoms with van der Waals surface area (Å²) in [4.78, 5) is 13.9. The van der Waals surface area contributed by atoms with Crippen molar-refractivity contribution in [2.24, 2.45) is 0 Å². The van der Waals surface area contributed by atoms with Gasteiger partial charge in [0.15, 0.2) is 4.84 Å². The second kappa shape index (κ2) is 7.53. The molecule has 2 rings (SSSR count). The van der Waals surface area contributed by atoms with Crippen LogP contribution in [0.2, 0.25) is 0 Å². The number of rotatable bonds is 6. The topological polar surface area (TPSA) is 80.0 Å². The molecule has 0 saturated heterocycles. The number of halogens is 3. The highest BCUT2D eigenvalue weighted by Crippen LogP contribution is 2.19. The first-order chi connectivity index (χ1) is 10.5. The first kappa shape index (κ1) is 16.7. The molecule has 2 atom stereocenters. The van der Waals surface area contributed by atoms with E-state index in [9.17, 15) is 14.3 Å². The van der Waals surface area contributed by atoms with E-state index >= 15 is 0 Å². The summed E-state index contributed by atoms with van der Waals surface area (Å²) in [7, 11) is 0. The van der Waals surface area contributed by atoms with Crippen LogP contribution in [-0.4, -0.2) is 43.3 Å². The standard InChI is InChI=1S/C13H13Cl2FN4O2/c14-12(15)13(22)19-10(5-16)11(21)8-1-3-9(4-2-8)20-7-17-6-18-20/h1-4,6-7,10-12,21H,5H2,(H,19,22). The van der Waals surface area contributed by atoms with Crippen LogP contribution < -0.4 is 5.32 Å². The summed E-state index contributed by atoms with van der Waals surface area (Å²) >= 11 is 10.8. The number of hydrogen-bond acceptors (Lipinski definition) is 4. The van der Waals surface area contributed by atoms with Gasteiger partial charge in [0.05, 0.1) is 11.7 Å². The Balaban J connectivity index is 2.10. The summed E-state index contributed by atoms with van der Waals surface area (Å²) in [5.41, 5.74) is 1.17. The largest absolute Gasteiger partial charge is 0.386 e. The molecule has 0 aliphatic rings. The molecule has 9 heteroatoms. The number of aromatic nitrogens is 3. The number of alkyl halides is 3. The van der Waals surface area contributed by atoms with Crippen molar-refractivity contribution >= 4 is 29.1 Å². The van der Waals surface area contributed by atoms with E-state index in [4.69, 9.17) is 23.2 Å². The molecule has 0 aliphatic carbocycles. The van der Waals surface area contributed by atoms with Crippen LogP contribution in [0.4, 0.5) is 4.39 Å². The first-order valence-electron chi connectivity index (χ1n) is 6.30. The fraction of sp³-hybridized carbons (Fsp3) is 0.308. The molecule has 2 N–H and O–H groups in total. The van der Waals surface area contributed by atoms with Gasteiger partial charge in [0.25, 0.3) is 5.91 Å². The molecule has 22 heavy (non-hydrogen) atoms. The molecular formula is C13H13Cl2FN4O2. The Morgan fingerprint density at radius 3 is 2.55 bits per heavy atom. The number of amides is 1. The summed E-state index contributed by atoms with van der Waals surface area (Å²) in [6.45, 7) is -0.960. The maximum Gasteiger partial charge on any atom is 0.253 e. The highest BCUT2D eigenvalue weighted by Gasteiger charge is 2.25. The van der Waals surface area contributed by atoms with Gasteiger partial charge in [0, 0.05) is 0 Å². The molecule has 1 heterocycles. The third-order valence-corrected chi connectivity index (χ3v) is 3.39. The predicted octanol–water partition coefficient (Wildman–Crippen LogP) is 1.56. The molecule has 1 amide bonds. The van der Waals surface area contributed by atoms with Crippen molar-refractivity contribution in [2.45, 2.75) is 17.0 Å². The van der Waals surface area contributed by atoms with Gasteiger partial charge < -0.3 is 10.4 Å². The quantitative estimate of drug-likeness (QED) is 0.778. The van der Waals surface area contributed by atoms with Crippen molar-refractivity contribution < 1.29 is 14.3 Å². The minimum atomic E-state index is -1.32. The summed E-state index contributed by atoms with van der Waals surface area (Å²) in [6, 6.07) is 5.46. The van der Waals surface area contributed by atoms with E-state index in [1.165, 1.54) is 17.3 Å². The zero-order valence-electron chi connectivity index (χ0n) is 11.2. The summed E-state index contributed by atoms with van der Waals surface area (Å²) in [5, 5.41) is 16.4. The summed E-state index contributed by atoms with van der Waals surface area (Å²) < 4.78 is 14.6. The highest BCUT2D eigenvalue weighted by atomic mass is 35.5. The van der Waals surface area contributed by atoms with Crippen LogP contribution in [0.5, 0.6) is 0 Å². The summed E-state index contributed by atoms with van der Waals surface area (Å²) in [6.07, 6.45) is 1.69. The van der Waals surface area contributed by atoms with Crippen molar-refractivity contribution in [3.8, 4) is 5.69 Å². The molecule has 1 aromatic heterocycles. The molecule has 6 nitrogen and oxygen atoms in total. The lowest BCUT2D eigenvalue weighted by atomic mass is 10.0. The number of carbonyl (C=O) groups is 1. The molecule has 118 valence electrons. The van der Waals surface area contributed by atoms with Crippen LogP contribution >= 0.6 is 23.2 Å². The lowest BCUT2D eigenvalue weighted by molar-refractivity contribution is -0.121. The fourth-order valence-electron chi connectivity index (χ4n) is 1.85. The number of carbonyl (C=O) groups excluding carboxylic acids is 1. The highest BCUT2D eigenvalue weighted by molar-refractivity contribution is 6.53. The van der Waals surface area contributed by atoms with Crippen molar-refractivity contribution in [3.63, 3.8) is 0 Å². The third-order valence-electron chi connectivity index (χ3n) is 2.99. The van der Waals surface area contributed by atoms with E-state index < -0.39 is 29.6 Å². The molecule has 0 spiro atoms. The molecule has 2 aromatic rings. The van der Waals surface area contributed by atoms with Crippen LogP contribution in [0.15, 0.2) is 36.9 Å². The van der Waals surface area contributed by atoms with E-state index in [1.54, 1.807) is 24.3 Å². The van der Waals surface area contributed by atoms with Crippen molar-refractivity contribution in [2.75, 3.05) is 6.67 Å². The monoisotopic (exact) mass is 346 g/mol. The minimum absolute atomic E-state index is 0.438. The molecule has 2 unspecified atom stereocenters. The van der Waals surface area contributed by atoms with Gasteiger partial charge in [-0.15, -0.1) is 0 Å². The molecule has 0 aliphatic heterocycles. The normalized spacial score (nSPS) is 13.9. The van der Waals surface area contributed by atoms with Gasteiger partial charge in [-0.3, -0.25) is 4.79 Å². The van der Waals surface area contributed by atoms with E-state index in [1.807, 2.05) is 0 Å². The van der Waals surface area contributed by atoms with Gasteiger partial charge in [0.2, 0.25) is 0 Å². The Labute approximate surface area is 135 Å². The van der Waals surface area contributed by atoms with Crippen molar-refractivity contribution in [1.82, 2.24) is 20.1 Å². The SMILES string of the molecule is O=C(NC(CF)C(O)c1ccc(-n2cncn2)cc1)C(Cl)Cl. The van der Waals surface area contributed by atoms with Gasteiger partial charge >= 0.3 is 0 Å². The Kier molecular flexibility index (Phi) is 5.70. The zero-order valence-corrected chi connectivity index (χ0v) is 12.7. The number of nitrogens with one attached hydrogen (secondary N) is 1. The average Bonchev–Trinajstić information content (AvgIpc) is 3.06. The lowest BCUT2D eigenvalue weighted by Gasteiger charge is -2.22. The second-order valence-electron chi connectivity index (χ2n) is 4.45. The smallest absolute Gasteiger partial charge is 0.253 e. The van der Waals surface area contributed by atoms with E-state index in [-0.39, 0.29) is 0 Å². The van der Waals surface area contributed by atoms with Gasteiger partial charge in [-0.05, 0) is 17.7 Å². The molecule has 0 bridgehead atoms. The van der Waals surface area contributed by atoms with Crippen LogP contribution in [-0.2, 0) is 4.79 Å². The zero-order chi connectivity index (χ0) is 16.1. The van der Waals surface area contributed by atoms with E-state index in [2.05, 4.69) is 15.4 Å². The second-order valence-corrected chi connectivity index (χ2v) is 5.54. The van der Waals surface area contributed by atoms with E-state index in [0.717, 1.165) is 5.69 Å². The van der Waals surface area contributed by atoms with Crippen LogP contribution in [0.1, 0.15) is 11.7 Å².